The van der Waals surface area contributed by atoms with Crippen LogP contribution in [-0.4, -0.2) is 30.7 Å². The van der Waals surface area contributed by atoms with Crippen molar-refractivity contribution in [3.8, 4) is 11.5 Å². The predicted molar refractivity (Wildman–Crippen MR) is 118 cm³/mol. The fourth-order valence-electron chi connectivity index (χ4n) is 2.27. The summed E-state index contributed by atoms with van der Waals surface area (Å²) in [6.45, 7) is 4.89. The molecule has 2 rings (SSSR count). The number of nitrogens with zero attached hydrogens (tertiary/aromatic N) is 2. The molecule has 0 radical (unpaired) electrons. The van der Waals surface area contributed by atoms with Gasteiger partial charge in [0.05, 0.1) is 19.7 Å². The number of nitrogens with one attached hydrogen (secondary N) is 2. The lowest BCUT2D eigenvalue weighted by atomic mass is 10.2. The van der Waals surface area contributed by atoms with Crippen molar-refractivity contribution in [1.82, 2.24) is 15.6 Å². The van der Waals surface area contributed by atoms with Gasteiger partial charge < -0.3 is 20.1 Å². The zero-order valence-electron chi connectivity index (χ0n) is 16.0. The highest BCUT2D eigenvalue weighted by molar-refractivity contribution is 14.0. The molecule has 1 heterocycles. The van der Waals surface area contributed by atoms with Gasteiger partial charge in [0, 0.05) is 17.6 Å². The number of alkyl halides is 2. The molecule has 0 spiro atoms. The normalized spacial score (nSPS) is 11.1. The van der Waals surface area contributed by atoms with Gasteiger partial charge in [-0.25, -0.2) is 9.98 Å². The van der Waals surface area contributed by atoms with Crippen LogP contribution in [0.3, 0.4) is 0 Å². The maximum absolute atomic E-state index is 12.5. The Bertz CT molecular complexity index is 759. The van der Waals surface area contributed by atoms with E-state index in [1.165, 1.54) is 6.07 Å². The minimum atomic E-state index is -2.90. The summed E-state index contributed by atoms with van der Waals surface area (Å²) in [6, 6.07) is 4.83. The predicted octanol–water partition coefficient (Wildman–Crippen LogP) is 4.32. The van der Waals surface area contributed by atoms with Crippen LogP contribution in [0.1, 0.15) is 29.3 Å². The van der Waals surface area contributed by atoms with Crippen LogP contribution in [0.4, 0.5) is 8.78 Å². The largest absolute Gasteiger partial charge is 0.490 e. The summed E-state index contributed by atoms with van der Waals surface area (Å²) in [4.78, 5) is 9.99. The molecule has 1 aromatic heterocycles. The van der Waals surface area contributed by atoms with Gasteiger partial charge in [-0.2, -0.15) is 8.78 Å². The fraction of sp³-hybridized carbons (Fsp3) is 0.444. The van der Waals surface area contributed by atoms with Gasteiger partial charge in [-0.1, -0.05) is 6.07 Å². The summed E-state index contributed by atoms with van der Waals surface area (Å²) in [5, 5.41) is 7.37. The molecule has 0 amide bonds. The number of aliphatic imine (C=N–C) groups is 1. The molecule has 0 aliphatic carbocycles. The first-order valence-corrected chi connectivity index (χ1v) is 9.47. The lowest BCUT2D eigenvalue weighted by Gasteiger charge is -2.13. The molecule has 10 heteroatoms. The summed E-state index contributed by atoms with van der Waals surface area (Å²) < 4.78 is 34.8. The molecule has 6 nitrogen and oxygen atoms in total. The second-order valence-electron chi connectivity index (χ2n) is 5.51. The molecule has 2 N–H and O–H groups in total. The zero-order chi connectivity index (χ0) is 19.6. The number of aromatic nitrogens is 1. The van der Waals surface area contributed by atoms with Crippen molar-refractivity contribution in [3.63, 3.8) is 0 Å². The molecular formula is C18H25F2IN4O2S. The van der Waals surface area contributed by atoms with Gasteiger partial charge in [0.15, 0.2) is 17.5 Å². The Morgan fingerprint density at radius 3 is 2.64 bits per heavy atom. The molecular weight excluding hydrogens is 501 g/mol. The first-order chi connectivity index (χ1) is 13.0. The average molecular weight is 526 g/mol. The first kappa shape index (κ1) is 24.3. The molecule has 156 valence electrons. The van der Waals surface area contributed by atoms with E-state index in [0.717, 1.165) is 15.4 Å². The summed E-state index contributed by atoms with van der Waals surface area (Å²) in [7, 11) is 0. The molecule has 0 aliphatic heterocycles. The Hall–Kier alpha value is -1.69. The van der Waals surface area contributed by atoms with Gasteiger partial charge in [-0.3, -0.25) is 0 Å². The van der Waals surface area contributed by atoms with Crippen LogP contribution in [0.25, 0.3) is 0 Å². The van der Waals surface area contributed by atoms with Crippen LogP contribution in [0.15, 0.2) is 29.4 Å². The van der Waals surface area contributed by atoms with E-state index in [0.29, 0.717) is 32.2 Å². The van der Waals surface area contributed by atoms with E-state index in [9.17, 15) is 8.78 Å². The Kier molecular flexibility index (Phi) is 11.0. The van der Waals surface area contributed by atoms with E-state index in [1.807, 2.05) is 20.0 Å². The zero-order valence-corrected chi connectivity index (χ0v) is 19.1. The summed E-state index contributed by atoms with van der Waals surface area (Å²) in [6.07, 6.45) is 1.84. The van der Waals surface area contributed by atoms with Crippen molar-refractivity contribution < 1.29 is 18.3 Å². The van der Waals surface area contributed by atoms with Gasteiger partial charge in [0.1, 0.15) is 5.01 Å². The van der Waals surface area contributed by atoms with Crippen LogP contribution in [0, 0.1) is 6.92 Å². The van der Waals surface area contributed by atoms with Crippen molar-refractivity contribution in [2.75, 3.05) is 13.2 Å². The monoisotopic (exact) mass is 526 g/mol. The number of rotatable bonds is 9. The SMILES string of the molecule is CCNC(=NCc1ccc(OC(F)F)c(OCC)c1)NCc1ncc(C)s1.I. The number of aryl methyl sites for hydroxylation is 1. The standard InChI is InChI=1S/C18H24F2N4O2S.HI/c1-4-21-18(24-11-16-22-9-12(3)27-16)23-10-13-6-7-14(26-17(19)20)15(8-13)25-5-2;/h6-9,17H,4-5,10-11H2,1-3H3,(H2,21,23,24);1H. The molecule has 0 bridgehead atoms. The molecule has 2 aromatic rings. The first-order valence-electron chi connectivity index (χ1n) is 8.65. The maximum Gasteiger partial charge on any atom is 0.387 e. The van der Waals surface area contributed by atoms with E-state index in [-0.39, 0.29) is 35.5 Å². The van der Waals surface area contributed by atoms with Crippen LogP contribution in [0.5, 0.6) is 11.5 Å². The van der Waals surface area contributed by atoms with Crippen molar-refractivity contribution in [2.45, 2.75) is 40.5 Å². The number of thiazole rings is 1. The van der Waals surface area contributed by atoms with Gasteiger partial charge >= 0.3 is 6.61 Å². The number of guanidine groups is 1. The van der Waals surface area contributed by atoms with Crippen LogP contribution < -0.4 is 20.1 Å². The van der Waals surface area contributed by atoms with Gasteiger partial charge in [-0.05, 0) is 38.5 Å². The van der Waals surface area contributed by atoms with E-state index in [2.05, 4.69) is 25.3 Å². The lowest BCUT2D eigenvalue weighted by Crippen LogP contribution is -2.36. The molecule has 0 atom stereocenters. The third-order valence-corrected chi connectivity index (χ3v) is 4.28. The molecule has 0 fully saturated rings. The quantitative estimate of drug-likeness (QED) is 0.290. The third kappa shape index (κ3) is 8.13. The number of hydrogen-bond donors (Lipinski definition) is 2. The summed E-state index contributed by atoms with van der Waals surface area (Å²) >= 11 is 1.63. The van der Waals surface area contributed by atoms with Crippen molar-refractivity contribution in [3.05, 3.63) is 39.8 Å². The molecule has 0 saturated carbocycles. The number of benzene rings is 1. The minimum absolute atomic E-state index is 0. The van der Waals surface area contributed by atoms with Gasteiger partial charge in [0.25, 0.3) is 0 Å². The Morgan fingerprint density at radius 2 is 2.04 bits per heavy atom. The number of halogens is 3. The topological polar surface area (TPSA) is 67.8 Å². The molecule has 0 saturated heterocycles. The molecule has 1 aromatic carbocycles. The van der Waals surface area contributed by atoms with Gasteiger partial charge in [-0.15, -0.1) is 35.3 Å². The van der Waals surface area contributed by atoms with E-state index >= 15 is 0 Å². The highest BCUT2D eigenvalue weighted by Gasteiger charge is 2.11. The second-order valence-corrected chi connectivity index (χ2v) is 6.83. The van der Waals surface area contributed by atoms with Crippen LogP contribution in [0.2, 0.25) is 0 Å². The van der Waals surface area contributed by atoms with Crippen molar-refractivity contribution >= 4 is 41.3 Å². The third-order valence-electron chi connectivity index (χ3n) is 3.36. The van der Waals surface area contributed by atoms with Crippen LogP contribution in [-0.2, 0) is 13.1 Å². The summed E-state index contributed by atoms with van der Waals surface area (Å²) in [5.41, 5.74) is 0.822. The molecule has 28 heavy (non-hydrogen) atoms. The highest BCUT2D eigenvalue weighted by atomic mass is 127. The van der Waals surface area contributed by atoms with E-state index in [1.54, 1.807) is 30.4 Å². The maximum atomic E-state index is 12.5. The number of hydrogen-bond acceptors (Lipinski definition) is 5. The Balaban J connectivity index is 0.00000392. The minimum Gasteiger partial charge on any atom is -0.490 e. The fourth-order valence-corrected chi connectivity index (χ4v) is 2.99. The second kappa shape index (κ2) is 12.7. The smallest absolute Gasteiger partial charge is 0.387 e. The molecule has 0 aliphatic rings. The van der Waals surface area contributed by atoms with Crippen molar-refractivity contribution in [2.24, 2.45) is 4.99 Å². The Morgan fingerprint density at radius 1 is 1.25 bits per heavy atom. The molecule has 0 unspecified atom stereocenters. The van der Waals surface area contributed by atoms with E-state index in [4.69, 9.17) is 4.74 Å². The van der Waals surface area contributed by atoms with Crippen molar-refractivity contribution in [1.29, 1.82) is 0 Å². The Labute approximate surface area is 184 Å². The lowest BCUT2D eigenvalue weighted by molar-refractivity contribution is -0.0514. The van der Waals surface area contributed by atoms with Crippen LogP contribution >= 0.6 is 35.3 Å². The highest BCUT2D eigenvalue weighted by Crippen LogP contribution is 2.30. The van der Waals surface area contributed by atoms with E-state index < -0.39 is 6.61 Å². The number of ether oxygens (including phenoxy) is 2. The summed E-state index contributed by atoms with van der Waals surface area (Å²) in [5.74, 6) is 0.946. The van der Waals surface area contributed by atoms with Gasteiger partial charge in [0.2, 0.25) is 0 Å². The average Bonchev–Trinajstić information content (AvgIpc) is 3.04.